The number of aliphatic imine (C=N–C) groups is 1. The third kappa shape index (κ3) is 4.61. The van der Waals surface area contributed by atoms with Crippen molar-refractivity contribution in [2.75, 3.05) is 7.11 Å². The second kappa shape index (κ2) is 8.17. The van der Waals surface area contributed by atoms with Gasteiger partial charge in [0.2, 0.25) is 0 Å². The van der Waals surface area contributed by atoms with Crippen molar-refractivity contribution in [2.24, 2.45) is 10.4 Å². The number of halogens is 3. The van der Waals surface area contributed by atoms with Crippen LogP contribution in [-0.2, 0) is 9.53 Å². The van der Waals surface area contributed by atoms with E-state index in [1.165, 1.54) is 0 Å². The first kappa shape index (κ1) is 20.1. The average molecular weight is 389 g/mol. The van der Waals surface area contributed by atoms with Gasteiger partial charge in [-0.15, -0.1) is 0 Å². The summed E-state index contributed by atoms with van der Waals surface area (Å²) in [5, 5.41) is 0. The molecule has 2 atom stereocenters. The molecule has 1 fully saturated rings. The highest BCUT2D eigenvalue weighted by Gasteiger charge is 2.52. The molecule has 0 heterocycles. The predicted molar refractivity (Wildman–Crippen MR) is 101 cm³/mol. The number of carbonyl (C=O) groups is 1. The van der Waals surface area contributed by atoms with Crippen molar-refractivity contribution in [3.63, 3.8) is 0 Å². The van der Waals surface area contributed by atoms with Gasteiger partial charge in [-0.05, 0) is 19.3 Å². The zero-order valence-corrected chi connectivity index (χ0v) is 15.6. The number of ether oxygens (including phenoxy) is 1. The van der Waals surface area contributed by atoms with Gasteiger partial charge in [-0.25, -0.2) is 0 Å². The zero-order chi connectivity index (χ0) is 20.2. The molecule has 3 rings (SSSR count). The summed E-state index contributed by atoms with van der Waals surface area (Å²) in [6, 6.07) is 18.7. The van der Waals surface area contributed by atoms with Crippen molar-refractivity contribution < 1.29 is 22.7 Å². The molecule has 3 nitrogen and oxygen atoms in total. The van der Waals surface area contributed by atoms with Crippen LogP contribution in [0.2, 0.25) is 0 Å². The maximum absolute atomic E-state index is 13.1. The molecule has 0 bridgehead atoms. The van der Waals surface area contributed by atoms with E-state index in [2.05, 4.69) is 0 Å². The summed E-state index contributed by atoms with van der Waals surface area (Å²) in [4.78, 5) is 17.0. The Kier molecular flexibility index (Phi) is 5.87. The summed E-state index contributed by atoms with van der Waals surface area (Å²) in [7, 11) is 1.14. The third-order valence-corrected chi connectivity index (χ3v) is 5.15. The van der Waals surface area contributed by atoms with Gasteiger partial charge < -0.3 is 4.74 Å². The van der Waals surface area contributed by atoms with Gasteiger partial charge in [0, 0.05) is 11.1 Å². The van der Waals surface area contributed by atoms with Gasteiger partial charge in [0.05, 0.1) is 30.7 Å². The van der Waals surface area contributed by atoms with Gasteiger partial charge in [-0.2, -0.15) is 13.2 Å². The van der Waals surface area contributed by atoms with Crippen LogP contribution < -0.4 is 0 Å². The predicted octanol–water partition coefficient (Wildman–Crippen LogP) is 5.19. The quantitative estimate of drug-likeness (QED) is 0.522. The number of hydrogen-bond donors (Lipinski definition) is 0. The van der Waals surface area contributed by atoms with Gasteiger partial charge in [-0.1, -0.05) is 60.7 Å². The molecule has 1 aliphatic carbocycles. The first-order chi connectivity index (χ1) is 13.3. The van der Waals surface area contributed by atoms with E-state index in [1.54, 1.807) is 0 Å². The normalized spacial score (nSPS) is 21.9. The monoisotopic (exact) mass is 389 g/mol. The van der Waals surface area contributed by atoms with Crippen molar-refractivity contribution >= 4 is 11.7 Å². The molecule has 0 saturated heterocycles. The van der Waals surface area contributed by atoms with Gasteiger partial charge in [0.25, 0.3) is 0 Å². The molecular weight excluding hydrogens is 367 g/mol. The minimum Gasteiger partial charge on any atom is -0.469 e. The molecule has 2 aromatic rings. The molecule has 6 heteroatoms. The van der Waals surface area contributed by atoms with Gasteiger partial charge in [0.15, 0.2) is 0 Å². The fourth-order valence-corrected chi connectivity index (χ4v) is 3.92. The lowest BCUT2D eigenvalue weighted by Gasteiger charge is -2.27. The van der Waals surface area contributed by atoms with Crippen molar-refractivity contribution in [3.05, 3.63) is 71.8 Å². The Bertz CT molecular complexity index is 792. The first-order valence-corrected chi connectivity index (χ1v) is 9.17. The van der Waals surface area contributed by atoms with Crippen molar-refractivity contribution in [1.29, 1.82) is 0 Å². The van der Waals surface area contributed by atoms with E-state index in [0.29, 0.717) is 6.42 Å². The Morgan fingerprint density at radius 2 is 1.61 bits per heavy atom. The highest BCUT2D eigenvalue weighted by atomic mass is 19.4. The van der Waals surface area contributed by atoms with Crippen LogP contribution in [0.25, 0.3) is 0 Å². The molecule has 1 unspecified atom stereocenters. The van der Waals surface area contributed by atoms with Crippen LogP contribution in [0, 0.1) is 5.41 Å². The lowest BCUT2D eigenvalue weighted by Crippen LogP contribution is -2.35. The minimum absolute atomic E-state index is 0.0301. The minimum atomic E-state index is -4.44. The molecule has 1 saturated carbocycles. The summed E-state index contributed by atoms with van der Waals surface area (Å²) >= 11 is 0. The molecule has 28 heavy (non-hydrogen) atoms. The number of hydrogen-bond acceptors (Lipinski definition) is 3. The maximum atomic E-state index is 13.1. The lowest BCUT2D eigenvalue weighted by molar-refractivity contribution is -0.180. The van der Waals surface area contributed by atoms with Crippen molar-refractivity contribution in [3.8, 4) is 0 Å². The molecule has 0 aliphatic heterocycles. The Morgan fingerprint density at radius 3 is 2.07 bits per heavy atom. The van der Waals surface area contributed by atoms with Crippen LogP contribution in [0.4, 0.5) is 13.2 Å². The number of benzene rings is 2. The highest BCUT2D eigenvalue weighted by Crippen LogP contribution is 2.48. The number of nitrogens with zero attached hydrogens (tertiary/aromatic N) is 1. The number of rotatable bonds is 5. The number of methoxy groups -OCH3 is 1. The standard InChI is InChI=1S/C22H22F3NO2/c1-28-20(27)21(15-22(23,24)25)13-12-18(14-21)26-19(16-8-4-2-5-9-16)17-10-6-3-7-11-17/h2-11,18H,12-15H2,1H3/t18-,21?/m1/s1. The molecule has 0 spiro atoms. The maximum Gasteiger partial charge on any atom is 0.390 e. The van der Waals surface area contributed by atoms with E-state index in [4.69, 9.17) is 9.73 Å². The Labute approximate surface area is 162 Å². The second-order valence-corrected chi connectivity index (χ2v) is 7.17. The first-order valence-electron chi connectivity index (χ1n) is 9.17. The lowest BCUT2D eigenvalue weighted by atomic mass is 9.82. The SMILES string of the molecule is COC(=O)C1(CC(F)(F)F)CC[C@@H](N=C(c2ccccc2)c2ccccc2)C1. The number of carbonyl (C=O) groups excluding carboxylic acids is 1. The molecule has 0 radical (unpaired) electrons. The third-order valence-electron chi connectivity index (χ3n) is 5.15. The van der Waals surface area contributed by atoms with Crippen LogP contribution in [0.3, 0.4) is 0 Å². The molecule has 148 valence electrons. The smallest absolute Gasteiger partial charge is 0.390 e. The average Bonchev–Trinajstić information content (AvgIpc) is 3.09. The fourth-order valence-electron chi connectivity index (χ4n) is 3.92. The van der Waals surface area contributed by atoms with E-state index in [9.17, 15) is 18.0 Å². The topological polar surface area (TPSA) is 38.7 Å². The fraction of sp³-hybridized carbons (Fsp3) is 0.364. The van der Waals surface area contributed by atoms with E-state index >= 15 is 0 Å². The molecule has 2 aromatic carbocycles. The van der Waals surface area contributed by atoms with Crippen molar-refractivity contribution in [1.82, 2.24) is 0 Å². The summed E-state index contributed by atoms with van der Waals surface area (Å²) in [5.74, 6) is -0.802. The molecular formula is C22H22F3NO2. The van der Waals surface area contributed by atoms with E-state index in [1.807, 2.05) is 60.7 Å². The highest BCUT2D eigenvalue weighted by molar-refractivity contribution is 6.13. The van der Waals surface area contributed by atoms with Crippen LogP contribution in [-0.4, -0.2) is 31.0 Å². The Hall–Kier alpha value is -2.63. The van der Waals surface area contributed by atoms with E-state index in [0.717, 1.165) is 23.9 Å². The van der Waals surface area contributed by atoms with Gasteiger partial charge >= 0.3 is 12.1 Å². The van der Waals surface area contributed by atoms with Crippen LogP contribution in [0.15, 0.2) is 65.7 Å². The van der Waals surface area contributed by atoms with E-state index in [-0.39, 0.29) is 18.9 Å². The molecule has 0 amide bonds. The zero-order valence-electron chi connectivity index (χ0n) is 15.6. The molecule has 0 N–H and O–H groups in total. The summed E-state index contributed by atoms with van der Waals surface area (Å²) in [5.41, 5.74) is 0.943. The summed E-state index contributed by atoms with van der Waals surface area (Å²) < 4.78 is 44.1. The molecule has 1 aliphatic rings. The molecule has 0 aromatic heterocycles. The number of esters is 1. The largest absolute Gasteiger partial charge is 0.469 e. The van der Waals surface area contributed by atoms with Crippen LogP contribution in [0.1, 0.15) is 36.8 Å². The number of alkyl halides is 3. The van der Waals surface area contributed by atoms with Crippen LogP contribution >= 0.6 is 0 Å². The van der Waals surface area contributed by atoms with Crippen LogP contribution in [0.5, 0.6) is 0 Å². The summed E-state index contributed by atoms with van der Waals surface area (Å²) in [6.45, 7) is 0. The summed E-state index contributed by atoms with van der Waals surface area (Å²) in [6.07, 6.45) is -5.06. The Morgan fingerprint density at radius 1 is 1.07 bits per heavy atom. The van der Waals surface area contributed by atoms with E-state index < -0.39 is 24.0 Å². The second-order valence-electron chi connectivity index (χ2n) is 7.17. The van der Waals surface area contributed by atoms with Gasteiger partial charge in [0.1, 0.15) is 0 Å². The van der Waals surface area contributed by atoms with Crippen molar-refractivity contribution in [2.45, 2.75) is 37.9 Å². The van der Waals surface area contributed by atoms with Gasteiger partial charge in [-0.3, -0.25) is 9.79 Å². The Balaban J connectivity index is 1.95.